The molecule has 0 bridgehead atoms. The SMILES string of the molecule is CCCNC(=O)NCCc1ccc2c(c1)nc(C)n2C(C)C. The number of nitrogens with one attached hydrogen (secondary N) is 2. The molecule has 0 aliphatic heterocycles. The molecule has 5 heteroatoms. The number of imidazole rings is 1. The molecule has 0 radical (unpaired) electrons. The van der Waals surface area contributed by atoms with E-state index in [1.54, 1.807) is 0 Å². The maximum atomic E-state index is 11.5. The average molecular weight is 302 g/mol. The molecule has 1 aromatic carbocycles. The number of fused-ring (bicyclic) bond motifs is 1. The second-order valence-corrected chi connectivity index (χ2v) is 5.88. The lowest BCUT2D eigenvalue weighted by Gasteiger charge is -2.11. The van der Waals surface area contributed by atoms with E-state index in [2.05, 4.69) is 52.2 Å². The Labute approximate surface area is 132 Å². The van der Waals surface area contributed by atoms with Crippen molar-refractivity contribution in [3.63, 3.8) is 0 Å². The monoisotopic (exact) mass is 302 g/mol. The summed E-state index contributed by atoms with van der Waals surface area (Å²) in [5.74, 6) is 1.04. The first-order valence-electron chi connectivity index (χ1n) is 8.02. The Morgan fingerprint density at radius 3 is 2.68 bits per heavy atom. The van der Waals surface area contributed by atoms with Crippen LogP contribution in [0.1, 0.15) is 44.6 Å². The van der Waals surface area contributed by atoms with Gasteiger partial charge >= 0.3 is 6.03 Å². The van der Waals surface area contributed by atoms with Gasteiger partial charge in [-0.25, -0.2) is 9.78 Å². The number of hydrogen-bond donors (Lipinski definition) is 2. The summed E-state index contributed by atoms with van der Waals surface area (Å²) in [5.41, 5.74) is 3.39. The van der Waals surface area contributed by atoms with Gasteiger partial charge < -0.3 is 15.2 Å². The molecule has 0 fully saturated rings. The minimum Gasteiger partial charge on any atom is -0.338 e. The highest BCUT2D eigenvalue weighted by atomic mass is 16.2. The molecule has 2 rings (SSSR count). The van der Waals surface area contributed by atoms with Gasteiger partial charge in [0.2, 0.25) is 0 Å². The largest absolute Gasteiger partial charge is 0.338 e. The highest BCUT2D eigenvalue weighted by Crippen LogP contribution is 2.21. The van der Waals surface area contributed by atoms with E-state index in [1.165, 1.54) is 11.1 Å². The molecule has 0 aliphatic rings. The first-order valence-corrected chi connectivity index (χ1v) is 8.02. The van der Waals surface area contributed by atoms with Gasteiger partial charge in [0.25, 0.3) is 0 Å². The second-order valence-electron chi connectivity index (χ2n) is 5.88. The van der Waals surface area contributed by atoms with E-state index in [1.807, 2.05) is 13.8 Å². The maximum Gasteiger partial charge on any atom is 0.314 e. The maximum absolute atomic E-state index is 11.5. The van der Waals surface area contributed by atoms with Crippen molar-refractivity contribution >= 4 is 17.1 Å². The highest BCUT2D eigenvalue weighted by molar-refractivity contribution is 5.77. The molecule has 0 spiro atoms. The minimum atomic E-state index is -0.0946. The Morgan fingerprint density at radius 2 is 2.00 bits per heavy atom. The first kappa shape index (κ1) is 16.3. The minimum absolute atomic E-state index is 0.0946. The van der Waals surface area contributed by atoms with Crippen molar-refractivity contribution in [2.45, 2.75) is 46.6 Å². The summed E-state index contributed by atoms with van der Waals surface area (Å²) in [6.45, 7) is 9.75. The molecular formula is C17H26N4O. The van der Waals surface area contributed by atoms with Crippen LogP contribution in [0, 0.1) is 6.92 Å². The zero-order valence-electron chi connectivity index (χ0n) is 13.9. The zero-order valence-corrected chi connectivity index (χ0v) is 13.9. The summed E-state index contributed by atoms with van der Waals surface area (Å²) in [7, 11) is 0. The third-order valence-corrected chi connectivity index (χ3v) is 3.68. The number of carbonyl (C=O) groups is 1. The van der Waals surface area contributed by atoms with Crippen molar-refractivity contribution in [3.8, 4) is 0 Å². The molecular weight excluding hydrogens is 276 g/mol. The molecule has 22 heavy (non-hydrogen) atoms. The number of amides is 2. The van der Waals surface area contributed by atoms with Gasteiger partial charge in [0.15, 0.2) is 0 Å². The van der Waals surface area contributed by atoms with Gasteiger partial charge in [0.05, 0.1) is 11.0 Å². The van der Waals surface area contributed by atoms with Crippen LogP contribution >= 0.6 is 0 Å². The highest BCUT2D eigenvalue weighted by Gasteiger charge is 2.10. The zero-order chi connectivity index (χ0) is 16.1. The second kappa shape index (κ2) is 7.29. The van der Waals surface area contributed by atoms with Gasteiger partial charge in [-0.05, 0) is 51.3 Å². The topological polar surface area (TPSA) is 59.0 Å². The predicted molar refractivity (Wildman–Crippen MR) is 90.3 cm³/mol. The molecule has 2 amide bonds. The van der Waals surface area contributed by atoms with Crippen LogP contribution < -0.4 is 10.6 Å². The van der Waals surface area contributed by atoms with Crippen LogP contribution in [-0.2, 0) is 6.42 Å². The fourth-order valence-electron chi connectivity index (χ4n) is 2.69. The molecule has 1 heterocycles. The van der Waals surface area contributed by atoms with E-state index < -0.39 is 0 Å². The number of benzene rings is 1. The average Bonchev–Trinajstić information content (AvgIpc) is 2.80. The lowest BCUT2D eigenvalue weighted by Crippen LogP contribution is -2.36. The van der Waals surface area contributed by atoms with Crippen molar-refractivity contribution in [1.29, 1.82) is 0 Å². The molecule has 1 aromatic heterocycles. The van der Waals surface area contributed by atoms with Gasteiger partial charge in [-0.2, -0.15) is 0 Å². The van der Waals surface area contributed by atoms with Gasteiger partial charge in [-0.1, -0.05) is 13.0 Å². The summed E-state index contributed by atoms with van der Waals surface area (Å²) in [4.78, 5) is 16.1. The van der Waals surface area contributed by atoms with Gasteiger partial charge in [-0.15, -0.1) is 0 Å². The van der Waals surface area contributed by atoms with E-state index in [4.69, 9.17) is 0 Å². The van der Waals surface area contributed by atoms with E-state index >= 15 is 0 Å². The van der Waals surface area contributed by atoms with Crippen molar-refractivity contribution in [2.24, 2.45) is 0 Å². The summed E-state index contributed by atoms with van der Waals surface area (Å²) in [6, 6.07) is 6.67. The van der Waals surface area contributed by atoms with Crippen LogP contribution in [0.4, 0.5) is 4.79 Å². The van der Waals surface area contributed by atoms with Crippen LogP contribution in [0.3, 0.4) is 0 Å². The van der Waals surface area contributed by atoms with Crippen LogP contribution in [0.25, 0.3) is 11.0 Å². The van der Waals surface area contributed by atoms with Crippen LogP contribution in [0.15, 0.2) is 18.2 Å². The smallest absolute Gasteiger partial charge is 0.314 e. The molecule has 0 atom stereocenters. The molecule has 5 nitrogen and oxygen atoms in total. The molecule has 0 unspecified atom stereocenters. The lowest BCUT2D eigenvalue weighted by molar-refractivity contribution is 0.241. The Balaban J connectivity index is 2.00. The van der Waals surface area contributed by atoms with E-state index in [-0.39, 0.29) is 6.03 Å². The number of aromatic nitrogens is 2. The van der Waals surface area contributed by atoms with Gasteiger partial charge in [0.1, 0.15) is 5.82 Å². The Morgan fingerprint density at radius 1 is 1.27 bits per heavy atom. The summed E-state index contributed by atoms with van der Waals surface area (Å²) >= 11 is 0. The molecule has 0 saturated heterocycles. The Kier molecular flexibility index (Phi) is 5.41. The Bertz CT molecular complexity index is 645. The van der Waals surface area contributed by atoms with E-state index in [9.17, 15) is 4.79 Å². The number of aryl methyl sites for hydroxylation is 1. The molecule has 0 aliphatic carbocycles. The van der Waals surface area contributed by atoms with Crippen molar-refractivity contribution < 1.29 is 4.79 Å². The quantitative estimate of drug-likeness (QED) is 0.861. The fraction of sp³-hybridized carbons (Fsp3) is 0.529. The molecule has 0 saturated carbocycles. The summed E-state index contributed by atoms with van der Waals surface area (Å²) in [5, 5.41) is 5.68. The number of carbonyl (C=O) groups excluding carboxylic acids is 1. The van der Waals surface area contributed by atoms with E-state index in [0.717, 1.165) is 24.2 Å². The number of nitrogens with zero attached hydrogens (tertiary/aromatic N) is 2. The number of hydrogen-bond acceptors (Lipinski definition) is 2. The van der Waals surface area contributed by atoms with Gasteiger partial charge in [0, 0.05) is 19.1 Å². The third-order valence-electron chi connectivity index (χ3n) is 3.68. The summed E-state index contributed by atoms with van der Waals surface area (Å²) in [6.07, 6.45) is 1.75. The Hall–Kier alpha value is -2.04. The number of urea groups is 1. The van der Waals surface area contributed by atoms with Crippen LogP contribution in [0.5, 0.6) is 0 Å². The first-order chi connectivity index (χ1) is 10.5. The lowest BCUT2D eigenvalue weighted by atomic mass is 10.1. The van der Waals surface area contributed by atoms with Crippen LogP contribution in [0.2, 0.25) is 0 Å². The standard InChI is InChI=1S/C17H26N4O/c1-5-9-18-17(22)19-10-8-14-6-7-16-15(11-14)20-13(4)21(16)12(2)3/h6-7,11-12H,5,8-10H2,1-4H3,(H2,18,19,22). The van der Waals surface area contributed by atoms with Crippen molar-refractivity contribution in [1.82, 2.24) is 20.2 Å². The van der Waals surface area contributed by atoms with E-state index in [0.29, 0.717) is 19.1 Å². The van der Waals surface area contributed by atoms with Crippen LogP contribution in [-0.4, -0.2) is 28.7 Å². The third kappa shape index (κ3) is 3.78. The summed E-state index contributed by atoms with van der Waals surface area (Å²) < 4.78 is 2.25. The van der Waals surface area contributed by atoms with Crippen molar-refractivity contribution in [3.05, 3.63) is 29.6 Å². The predicted octanol–water partition coefficient (Wildman–Crippen LogP) is 3.18. The molecule has 120 valence electrons. The van der Waals surface area contributed by atoms with Crippen molar-refractivity contribution in [2.75, 3.05) is 13.1 Å². The molecule has 2 aromatic rings. The molecule has 2 N–H and O–H groups in total. The van der Waals surface area contributed by atoms with Gasteiger partial charge in [-0.3, -0.25) is 0 Å². The fourth-order valence-corrected chi connectivity index (χ4v) is 2.69. The number of rotatable bonds is 6. The normalized spacial score (nSPS) is 11.1.